The molecule has 0 bridgehead atoms. The van der Waals surface area contributed by atoms with Gasteiger partial charge in [-0.2, -0.15) is 0 Å². The van der Waals surface area contributed by atoms with E-state index in [0.29, 0.717) is 5.75 Å². The minimum Gasteiger partial charge on any atom is -0.497 e. The van der Waals surface area contributed by atoms with Gasteiger partial charge in [-0.3, -0.25) is 0 Å². The van der Waals surface area contributed by atoms with Crippen LogP contribution in [-0.2, 0) is 15.6 Å². The zero-order chi connectivity index (χ0) is 13.9. The van der Waals surface area contributed by atoms with E-state index in [2.05, 4.69) is 0 Å². The first kappa shape index (κ1) is 13.4. The molecule has 19 heavy (non-hydrogen) atoms. The Hall–Kier alpha value is -2.01. The second-order valence-electron chi connectivity index (χ2n) is 4.15. The third-order valence-electron chi connectivity index (χ3n) is 2.76. The molecule has 0 radical (unpaired) electrons. The van der Waals surface area contributed by atoms with Crippen LogP contribution in [-0.4, -0.2) is 15.5 Å². The summed E-state index contributed by atoms with van der Waals surface area (Å²) in [7, 11) is -2.00. The highest BCUT2D eigenvalue weighted by Crippen LogP contribution is 2.26. The van der Waals surface area contributed by atoms with Crippen molar-refractivity contribution < 1.29 is 13.2 Å². The van der Waals surface area contributed by atoms with Gasteiger partial charge >= 0.3 is 0 Å². The van der Waals surface area contributed by atoms with E-state index in [0.717, 1.165) is 5.56 Å². The van der Waals surface area contributed by atoms with Crippen molar-refractivity contribution in [3.8, 4) is 5.75 Å². The Morgan fingerprint density at radius 1 is 1.11 bits per heavy atom. The molecule has 0 aliphatic heterocycles. The molecule has 0 saturated carbocycles. The van der Waals surface area contributed by atoms with Crippen LogP contribution in [0.15, 0.2) is 53.4 Å². The normalized spacial score (nSPS) is 11.2. The maximum Gasteiger partial charge on any atom is 0.184 e. The fraction of sp³-hybridized carbons (Fsp3) is 0.143. The summed E-state index contributed by atoms with van der Waals surface area (Å²) in [5.41, 5.74) is 6.71. The largest absolute Gasteiger partial charge is 0.497 e. The van der Waals surface area contributed by atoms with Gasteiger partial charge < -0.3 is 10.5 Å². The summed E-state index contributed by atoms with van der Waals surface area (Å²) in [4.78, 5) is 0.107. The lowest BCUT2D eigenvalue weighted by Crippen LogP contribution is -2.08. The van der Waals surface area contributed by atoms with Crippen LogP contribution in [0.25, 0.3) is 0 Å². The third-order valence-corrected chi connectivity index (χ3v) is 4.49. The van der Waals surface area contributed by atoms with Gasteiger partial charge in [0.2, 0.25) is 0 Å². The zero-order valence-electron chi connectivity index (χ0n) is 10.5. The van der Waals surface area contributed by atoms with Crippen LogP contribution in [0, 0.1) is 0 Å². The zero-order valence-corrected chi connectivity index (χ0v) is 11.4. The molecule has 0 atom stereocenters. The Morgan fingerprint density at radius 3 is 2.42 bits per heavy atom. The summed E-state index contributed by atoms with van der Waals surface area (Å²) in [5.74, 6) is 0.395. The second kappa shape index (κ2) is 5.32. The van der Waals surface area contributed by atoms with Crippen molar-refractivity contribution in [2.75, 3.05) is 12.8 Å². The van der Waals surface area contributed by atoms with Gasteiger partial charge in [-0.15, -0.1) is 0 Å². The predicted molar refractivity (Wildman–Crippen MR) is 74.7 cm³/mol. The van der Waals surface area contributed by atoms with Crippen molar-refractivity contribution in [2.45, 2.75) is 10.6 Å². The Labute approximate surface area is 112 Å². The number of anilines is 1. The lowest BCUT2D eigenvalue weighted by molar-refractivity contribution is 0.413. The summed E-state index contributed by atoms with van der Waals surface area (Å²) in [6.45, 7) is 0. The molecule has 2 rings (SSSR count). The van der Waals surface area contributed by atoms with E-state index in [4.69, 9.17) is 10.5 Å². The smallest absolute Gasteiger partial charge is 0.184 e. The molecule has 0 aliphatic carbocycles. The quantitative estimate of drug-likeness (QED) is 0.870. The van der Waals surface area contributed by atoms with Gasteiger partial charge in [-0.25, -0.2) is 8.42 Å². The lowest BCUT2D eigenvalue weighted by atomic mass is 10.2. The van der Waals surface area contributed by atoms with Gasteiger partial charge in [0, 0.05) is 6.07 Å². The van der Waals surface area contributed by atoms with Crippen LogP contribution < -0.4 is 10.5 Å². The molecule has 2 N–H and O–H groups in total. The summed E-state index contributed by atoms with van der Waals surface area (Å²) in [6.07, 6.45) is 0. The van der Waals surface area contributed by atoms with E-state index in [-0.39, 0.29) is 16.3 Å². The first-order chi connectivity index (χ1) is 9.03. The predicted octanol–water partition coefficient (Wildman–Crippen LogP) is 2.25. The number of nitrogen functional groups attached to an aromatic ring is 1. The molecule has 0 fully saturated rings. The summed E-state index contributed by atoms with van der Waals surface area (Å²) < 4.78 is 29.7. The van der Waals surface area contributed by atoms with Crippen LogP contribution in [0.4, 0.5) is 5.69 Å². The Kier molecular flexibility index (Phi) is 3.76. The topological polar surface area (TPSA) is 69.4 Å². The number of sulfone groups is 1. The third kappa shape index (κ3) is 3.06. The van der Waals surface area contributed by atoms with Crippen molar-refractivity contribution in [2.24, 2.45) is 0 Å². The average Bonchev–Trinajstić information content (AvgIpc) is 2.39. The summed E-state index contributed by atoms with van der Waals surface area (Å²) in [5, 5.41) is 0. The number of ether oxygens (including phenoxy) is 1. The maximum atomic E-state index is 12.4. The highest BCUT2D eigenvalue weighted by molar-refractivity contribution is 7.90. The van der Waals surface area contributed by atoms with E-state index in [1.807, 2.05) is 6.07 Å². The lowest BCUT2D eigenvalue weighted by Gasteiger charge is -2.09. The molecule has 2 aromatic rings. The van der Waals surface area contributed by atoms with E-state index >= 15 is 0 Å². The number of nitrogens with two attached hydrogens (primary N) is 1. The highest BCUT2D eigenvalue weighted by Gasteiger charge is 2.19. The van der Waals surface area contributed by atoms with Gasteiger partial charge in [-0.1, -0.05) is 30.3 Å². The molecule has 0 amide bonds. The summed E-state index contributed by atoms with van der Waals surface area (Å²) >= 11 is 0. The minimum atomic E-state index is -3.48. The van der Waals surface area contributed by atoms with E-state index < -0.39 is 9.84 Å². The molecule has 0 aromatic heterocycles. The van der Waals surface area contributed by atoms with Crippen LogP contribution in [0.5, 0.6) is 5.75 Å². The minimum absolute atomic E-state index is 0.0782. The molecule has 0 spiro atoms. The van der Waals surface area contributed by atoms with E-state index in [1.165, 1.54) is 19.2 Å². The van der Waals surface area contributed by atoms with Crippen molar-refractivity contribution in [3.63, 3.8) is 0 Å². The van der Waals surface area contributed by atoms with Gasteiger partial charge in [0.1, 0.15) is 5.75 Å². The molecule has 4 nitrogen and oxygen atoms in total. The molecular weight excluding hydrogens is 262 g/mol. The van der Waals surface area contributed by atoms with E-state index in [9.17, 15) is 8.42 Å². The van der Waals surface area contributed by atoms with Gasteiger partial charge in [-0.05, 0) is 17.7 Å². The fourth-order valence-corrected chi connectivity index (χ4v) is 3.29. The molecule has 0 heterocycles. The van der Waals surface area contributed by atoms with E-state index in [1.54, 1.807) is 30.3 Å². The molecule has 0 aliphatic rings. The van der Waals surface area contributed by atoms with Crippen LogP contribution in [0.1, 0.15) is 5.56 Å². The Morgan fingerprint density at radius 2 is 1.79 bits per heavy atom. The van der Waals surface area contributed by atoms with Gasteiger partial charge in [0.15, 0.2) is 9.84 Å². The Balaban J connectivity index is 2.39. The monoisotopic (exact) mass is 277 g/mol. The average molecular weight is 277 g/mol. The molecule has 2 aromatic carbocycles. The van der Waals surface area contributed by atoms with Crippen LogP contribution in [0.2, 0.25) is 0 Å². The molecule has 5 heteroatoms. The first-order valence-electron chi connectivity index (χ1n) is 5.73. The van der Waals surface area contributed by atoms with Gasteiger partial charge in [0.05, 0.1) is 23.4 Å². The van der Waals surface area contributed by atoms with Crippen molar-refractivity contribution >= 4 is 15.5 Å². The van der Waals surface area contributed by atoms with Gasteiger partial charge in [0.25, 0.3) is 0 Å². The number of hydrogen-bond donors (Lipinski definition) is 1. The highest BCUT2D eigenvalue weighted by atomic mass is 32.2. The SMILES string of the molecule is COc1ccc(N)c(S(=O)(=O)Cc2ccccc2)c1. The number of methoxy groups -OCH3 is 1. The number of benzene rings is 2. The molecular formula is C14H15NO3S. The number of rotatable bonds is 4. The van der Waals surface area contributed by atoms with Crippen molar-refractivity contribution in [3.05, 3.63) is 54.1 Å². The van der Waals surface area contributed by atoms with Crippen molar-refractivity contribution in [1.29, 1.82) is 0 Å². The van der Waals surface area contributed by atoms with Crippen LogP contribution >= 0.6 is 0 Å². The number of hydrogen-bond acceptors (Lipinski definition) is 4. The Bertz CT molecular complexity index is 666. The molecule has 0 unspecified atom stereocenters. The molecule has 0 saturated heterocycles. The van der Waals surface area contributed by atoms with Crippen LogP contribution in [0.3, 0.4) is 0 Å². The maximum absolute atomic E-state index is 12.4. The molecule has 100 valence electrons. The second-order valence-corrected chi connectivity index (χ2v) is 6.11. The fourth-order valence-electron chi connectivity index (χ4n) is 1.78. The van der Waals surface area contributed by atoms with Crippen molar-refractivity contribution in [1.82, 2.24) is 0 Å². The first-order valence-corrected chi connectivity index (χ1v) is 7.38. The standard InChI is InChI=1S/C14H15NO3S/c1-18-12-7-8-13(15)14(9-12)19(16,17)10-11-5-3-2-4-6-11/h2-9H,10,15H2,1H3. The summed E-state index contributed by atoms with van der Waals surface area (Å²) in [6, 6.07) is 13.6.